The second kappa shape index (κ2) is 7.13. The predicted molar refractivity (Wildman–Crippen MR) is 90.1 cm³/mol. The van der Waals surface area contributed by atoms with Gasteiger partial charge in [0, 0.05) is 36.8 Å². The normalized spacial score (nSPS) is 11.9. The molecule has 1 atom stereocenters. The number of pyridine rings is 1. The number of nitrogens with one attached hydrogen (secondary N) is 2. The monoisotopic (exact) mass is 356 g/mol. The van der Waals surface area contributed by atoms with Gasteiger partial charge >= 0.3 is 5.69 Å². The van der Waals surface area contributed by atoms with Crippen LogP contribution in [0.5, 0.6) is 0 Å². The number of amides is 1. The van der Waals surface area contributed by atoms with Crippen molar-refractivity contribution >= 4 is 5.91 Å². The number of carbonyl (C=O) groups excluding carboxylic acids is 1. The molecule has 0 aliphatic rings. The molecule has 10 heteroatoms. The van der Waals surface area contributed by atoms with Gasteiger partial charge in [0.1, 0.15) is 6.04 Å². The zero-order valence-electron chi connectivity index (χ0n) is 14.1. The van der Waals surface area contributed by atoms with Crippen LogP contribution in [0.15, 0.2) is 44.8 Å². The summed E-state index contributed by atoms with van der Waals surface area (Å²) in [4.78, 5) is 46.0. The molecular formula is C16H16N6O4. The number of hydrogen-bond donors (Lipinski definition) is 2. The molecule has 3 aromatic heterocycles. The molecule has 26 heavy (non-hydrogen) atoms. The van der Waals surface area contributed by atoms with Crippen LogP contribution in [0.1, 0.15) is 24.4 Å². The lowest BCUT2D eigenvalue weighted by Gasteiger charge is -2.09. The third-order valence-corrected chi connectivity index (χ3v) is 3.73. The van der Waals surface area contributed by atoms with Gasteiger partial charge in [-0.1, -0.05) is 5.16 Å². The number of nitrogens with zero attached hydrogens (tertiary/aromatic N) is 4. The van der Waals surface area contributed by atoms with E-state index in [0.717, 1.165) is 10.1 Å². The van der Waals surface area contributed by atoms with Gasteiger partial charge in [0.15, 0.2) is 0 Å². The quantitative estimate of drug-likeness (QED) is 0.653. The maximum Gasteiger partial charge on any atom is 0.328 e. The minimum absolute atomic E-state index is 0.180. The SMILES string of the molecule is C[C@H](NC(=O)Cc1c[nH]c(=O)n(C)c1=O)c1nc(-c2ccncc2)no1. The Balaban J connectivity index is 1.69. The summed E-state index contributed by atoms with van der Waals surface area (Å²) in [5.41, 5.74) is -0.138. The Bertz CT molecular complexity index is 1040. The van der Waals surface area contributed by atoms with E-state index in [2.05, 4.69) is 25.4 Å². The molecule has 3 rings (SSSR count). The molecule has 3 aromatic rings. The summed E-state index contributed by atoms with van der Waals surface area (Å²) in [6.07, 6.45) is 4.28. The first kappa shape index (κ1) is 17.3. The first-order chi connectivity index (χ1) is 12.5. The van der Waals surface area contributed by atoms with E-state index in [1.165, 1.54) is 13.2 Å². The van der Waals surface area contributed by atoms with Crippen LogP contribution in [0.3, 0.4) is 0 Å². The lowest BCUT2D eigenvalue weighted by molar-refractivity contribution is -0.121. The average Bonchev–Trinajstić information content (AvgIpc) is 3.13. The number of H-pyrrole nitrogens is 1. The average molecular weight is 356 g/mol. The maximum atomic E-state index is 12.2. The first-order valence-electron chi connectivity index (χ1n) is 7.76. The highest BCUT2D eigenvalue weighted by atomic mass is 16.5. The zero-order valence-corrected chi connectivity index (χ0v) is 14.1. The van der Waals surface area contributed by atoms with E-state index in [1.807, 2.05) is 0 Å². The molecular weight excluding hydrogens is 340 g/mol. The highest BCUT2D eigenvalue weighted by molar-refractivity contribution is 5.78. The largest absolute Gasteiger partial charge is 0.344 e. The van der Waals surface area contributed by atoms with Crippen LogP contribution in [0.4, 0.5) is 0 Å². The summed E-state index contributed by atoms with van der Waals surface area (Å²) in [5, 5.41) is 6.56. The van der Waals surface area contributed by atoms with Crippen LogP contribution in [0, 0.1) is 0 Å². The second-order valence-corrected chi connectivity index (χ2v) is 5.64. The van der Waals surface area contributed by atoms with Gasteiger partial charge < -0.3 is 14.8 Å². The van der Waals surface area contributed by atoms with E-state index >= 15 is 0 Å². The summed E-state index contributed by atoms with van der Waals surface area (Å²) >= 11 is 0. The standard InChI is InChI=1S/C16H16N6O4/c1-9(14-20-13(21-26-14)10-3-5-17-6-4-10)19-12(23)7-11-8-18-16(25)22(2)15(11)24/h3-6,8-9H,7H2,1-2H3,(H,18,25)(H,19,23)/t9-/m0/s1. The van der Waals surface area contributed by atoms with Crippen LogP contribution in [-0.2, 0) is 18.3 Å². The lowest BCUT2D eigenvalue weighted by atomic mass is 10.2. The highest BCUT2D eigenvalue weighted by Crippen LogP contribution is 2.17. The number of hydrogen-bond acceptors (Lipinski definition) is 7. The van der Waals surface area contributed by atoms with Crippen molar-refractivity contribution in [1.82, 2.24) is 30.0 Å². The van der Waals surface area contributed by atoms with E-state index in [-0.39, 0.29) is 17.9 Å². The molecule has 0 saturated carbocycles. The molecule has 1 amide bonds. The predicted octanol–water partition coefficient (Wildman–Crippen LogP) is -0.0615. The molecule has 0 saturated heterocycles. The molecule has 0 radical (unpaired) electrons. The van der Waals surface area contributed by atoms with Gasteiger partial charge in [-0.05, 0) is 19.1 Å². The Morgan fingerprint density at radius 3 is 2.81 bits per heavy atom. The van der Waals surface area contributed by atoms with Crippen molar-refractivity contribution in [2.45, 2.75) is 19.4 Å². The fraction of sp³-hybridized carbons (Fsp3) is 0.250. The van der Waals surface area contributed by atoms with E-state index < -0.39 is 23.2 Å². The van der Waals surface area contributed by atoms with E-state index in [0.29, 0.717) is 5.82 Å². The minimum atomic E-state index is -0.544. The second-order valence-electron chi connectivity index (χ2n) is 5.64. The molecule has 3 heterocycles. The molecule has 0 unspecified atom stereocenters. The van der Waals surface area contributed by atoms with Crippen LogP contribution in [0.25, 0.3) is 11.4 Å². The van der Waals surface area contributed by atoms with Crippen molar-refractivity contribution < 1.29 is 9.32 Å². The summed E-state index contributed by atoms with van der Waals surface area (Å²) in [6.45, 7) is 1.69. The number of rotatable bonds is 5. The van der Waals surface area contributed by atoms with Gasteiger partial charge in [-0.25, -0.2) is 4.79 Å². The molecule has 0 bridgehead atoms. The van der Waals surface area contributed by atoms with Crippen molar-refractivity contribution in [2.24, 2.45) is 7.05 Å². The molecule has 0 spiro atoms. The van der Waals surface area contributed by atoms with Crippen molar-refractivity contribution in [3.63, 3.8) is 0 Å². The van der Waals surface area contributed by atoms with Gasteiger partial charge in [0.2, 0.25) is 17.6 Å². The molecule has 0 aliphatic carbocycles. The third kappa shape index (κ3) is 3.58. The Hall–Kier alpha value is -3.56. The molecule has 10 nitrogen and oxygen atoms in total. The van der Waals surface area contributed by atoms with Crippen molar-refractivity contribution in [3.05, 3.63) is 63.0 Å². The fourth-order valence-corrected chi connectivity index (χ4v) is 2.30. The smallest absolute Gasteiger partial charge is 0.328 e. The van der Waals surface area contributed by atoms with Crippen LogP contribution < -0.4 is 16.6 Å². The van der Waals surface area contributed by atoms with Crippen molar-refractivity contribution in [2.75, 3.05) is 0 Å². The summed E-state index contributed by atoms with van der Waals surface area (Å²) in [6, 6.07) is 2.94. The molecule has 0 aliphatic heterocycles. The van der Waals surface area contributed by atoms with Gasteiger partial charge in [0.05, 0.1) is 6.42 Å². The fourth-order valence-electron chi connectivity index (χ4n) is 2.30. The topological polar surface area (TPSA) is 136 Å². The highest BCUT2D eigenvalue weighted by Gasteiger charge is 2.18. The lowest BCUT2D eigenvalue weighted by Crippen LogP contribution is -2.37. The van der Waals surface area contributed by atoms with E-state index in [9.17, 15) is 14.4 Å². The Labute approximate surface area is 146 Å². The number of carbonyl (C=O) groups is 1. The third-order valence-electron chi connectivity index (χ3n) is 3.73. The summed E-state index contributed by atoms with van der Waals surface area (Å²) < 4.78 is 6.09. The van der Waals surface area contributed by atoms with E-state index in [4.69, 9.17) is 4.52 Å². The van der Waals surface area contributed by atoms with Crippen LogP contribution >= 0.6 is 0 Å². The van der Waals surface area contributed by atoms with E-state index in [1.54, 1.807) is 31.5 Å². The molecule has 2 N–H and O–H groups in total. The van der Waals surface area contributed by atoms with Crippen LogP contribution in [0.2, 0.25) is 0 Å². The van der Waals surface area contributed by atoms with Gasteiger partial charge in [-0.3, -0.25) is 19.1 Å². The van der Waals surface area contributed by atoms with Crippen LogP contribution in [-0.4, -0.2) is 30.6 Å². The Morgan fingerprint density at radius 2 is 2.08 bits per heavy atom. The zero-order chi connectivity index (χ0) is 18.7. The van der Waals surface area contributed by atoms with Crippen molar-refractivity contribution in [3.8, 4) is 11.4 Å². The Morgan fingerprint density at radius 1 is 1.35 bits per heavy atom. The maximum absolute atomic E-state index is 12.2. The van der Waals surface area contributed by atoms with Gasteiger partial charge in [0.25, 0.3) is 5.56 Å². The Kier molecular flexibility index (Phi) is 4.74. The van der Waals surface area contributed by atoms with Gasteiger partial charge in [-0.15, -0.1) is 0 Å². The number of aromatic nitrogens is 5. The minimum Gasteiger partial charge on any atom is -0.344 e. The summed E-state index contributed by atoms with van der Waals surface area (Å²) in [5.74, 6) is 0.211. The first-order valence-corrected chi connectivity index (χ1v) is 7.76. The molecule has 134 valence electrons. The molecule has 0 fully saturated rings. The number of aromatic amines is 1. The van der Waals surface area contributed by atoms with Crippen molar-refractivity contribution in [1.29, 1.82) is 0 Å². The molecule has 0 aromatic carbocycles. The summed E-state index contributed by atoms with van der Waals surface area (Å²) in [7, 11) is 1.34. The van der Waals surface area contributed by atoms with Gasteiger partial charge in [-0.2, -0.15) is 4.98 Å².